The topological polar surface area (TPSA) is 41.1 Å². The number of hydrogen-bond acceptors (Lipinski definition) is 3. The van der Waals surface area contributed by atoms with Gasteiger partial charge in [0.25, 0.3) is 0 Å². The van der Waals surface area contributed by atoms with E-state index in [0.29, 0.717) is 30.7 Å². The van der Waals surface area contributed by atoms with Gasteiger partial charge in [-0.25, -0.2) is 0 Å². The van der Waals surface area contributed by atoms with Crippen LogP contribution in [0.25, 0.3) is 0 Å². The van der Waals surface area contributed by atoms with Gasteiger partial charge in [0.05, 0.1) is 0 Å². The summed E-state index contributed by atoms with van der Waals surface area (Å²) in [5.74, 6) is 0.445. The minimum absolute atomic E-state index is 0.00870. The third kappa shape index (κ3) is 6.04. The predicted octanol–water partition coefficient (Wildman–Crippen LogP) is 6.49. The zero-order chi connectivity index (χ0) is 26.4. The summed E-state index contributed by atoms with van der Waals surface area (Å²) < 4.78 is 0. The second-order valence-electron chi connectivity index (χ2n) is 14.4. The van der Waals surface area contributed by atoms with E-state index in [1.165, 1.54) is 50.1 Å². The molecule has 0 bridgehead atoms. The van der Waals surface area contributed by atoms with Gasteiger partial charge in [0.15, 0.2) is 0 Å². The van der Waals surface area contributed by atoms with E-state index in [4.69, 9.17) is 0 Å². The Morgan fingerprint density at radius 1 is 0.944 bits per heavy atom. The van der Waals surface area contributed by atoms with Crippen molar-refractivity contribution >= 4 is 36.3 Å². The van der Waals surface area contributed by atoms with Crippen LogP contribution in [-0.4, -0.2) is 49.3 Å². The van der Waals surface area contributed by atoms with E-state index in [1.54, 1.807) is 10.9 Å². The van der Waals surface area contributed by atoms with Crippen molar-refractivity contribution < 1.29 is 4.79 Å². The number of rotatable bonds is 6. The highest BCUT2D eigenvalue weighted by atomic mass is 31.1. The average Bonchev–Trinajstić information content (AvgIpc) is 2.77. The highest BCUT2D eigenvalue weighted by molar-refractivity contribution is 7.69. The van der Waals surface area contributed by atoms with E-state index in [1.807, 2.05) is 0 Å². The number of hydrogen-bond donors (Lipinski definition) is 2. The Labute approximate surface area is 226 Å². The zero-order valence-corrected chi connectivity index (χ0v) is 27.1. The standard InChI is InChI=1S/C30H52N2OP2Si/c1-28(2)19-23(33)20-29(3,4)35(28)25-15-14-22(21-36(5,6)7)18-24(25)30(34,26-12-8-10-16-31-26)27-13-9-11-17-32-27/h14-15,18,26-27,31-32H,8-13,16-17,19-21,34H2,1-7H3. The van der Waals surface area contributed by atoms with Crippen LogP contribution < -0.4 is 15.9 Å². The Bertz CT molecular complexity index is 905. The van der Waals surface area contributed by atoms with Gasteiger partial charge in [0, 0.05) is 38.2 Å². The van der Waals surface area contributed by atoms with E-state index in [9.17, 15) is 4.79 Å². The molecule has 0 aliphatic carbocycles. The molecule has 202 valence electrons. The summed E-state index contributed by atoms with van der Waals surface area (Å²) in [6, 6.07) is 9.76. The number of piperidine rings is 2. The fraction of sp³-hybridized carbons (Fsp3) is 0.767. The number of benzene rings is 1. The van der Waals surface area contributed by atoms with E-state index in [-0.39, 0.29) is 15.5 Å². The van der Waals surface area contributed by atoms with Crippen LogP contribution in [0.1, 0.15) is 90.2 Å². The minimum Gasteiger partial charge on any atom is -0.313 e. The second kappa shape index (κ2) is 10.8. The molecule has 4 rings (SSSR count). The molecule has 1 aromatic rings. The molecule has 3 aliphatic heterocycles. The van der Waals surface area contributed by atoms with Crippen LogP contribution in [0.5, 0.6) is 0 Å². The maximum absolute atomic E-state index is 12.8. The number of carbonyl (C=O) groups is 1. The number of carbonyl (C=O) groups excluding carboxylic acids is 1. The highest BCUT2D eigenvalue weighted by Crippen LogP contribution is 2.65. The van der Waals surface area contributed by atoms with Crippen molar-refractivity contribution in [3.63, 3.8) is 0 Å². The largest absolute Gasteiger partial charge is 0.313 e. The molecule has 1 aromatic carbocycles. The molecule has 3 heterocycles. The fourth-order valence-corrected chi connectivity index (χ4v) is 14.4. The van der Waals surface area contributed by atoms with Crippen LogP contribution in [0.3, 0.4) is 0 Å². The molecule has 3 unspecified atom stereocenters. The summed E-state index contributed by atoms with van der Waals surface area (Å²) in [5.41, 5.74) is 3.09. The first-order valence-corrected chi connectivity index (χ1v) is 20.1. The summed E-state index contributed by atoms with van der Waals surface area (Å²) in [5, 5.41) is 9.55. The lowest BCUT2D eigenvalue weighted by Crippen LogP contribution is -2.60. The van der Waals surface area contributed by atoms with Crippen LogP contribution in [0.2, 0.25) is 19.6 Å². The molecule has 2 N–H and O–H groups in total. The van der Waals surface area contributed by atoms with Crippen molar-refractivity contribution in [2.45, 2.75) is 132 Å². The van der Waals surface area contributed by atoms with Crippen LogP contribution in [-0.2, 0) is 16.0 Å². The van der Waals surface area contributed by atoms with Crippen molar-refractivity contribution in [1.82, 2.24) is 10.6 Å². The maximum atomic E-state index is 12.8. The summed E-state index contributed by atoms with van der Waals surface area (Å²) in [6.07, 6.45) is 9.09. The summed E-state index contributed by atoms with van der Waals surface area (Å²) in [4.78, 5) is 12.8. The Balaban J connectivity index is 1.93. The van der Waals surface area contributed by atoms with Gasteiger partial charge in [0.2, 0.25) is 0 Å². The monoisotopic (exact) mass is 546 g/mol. The molecule has 3 saturated heterocycles. The molecule has 0 amide bonds. The third-order valence-electron chi connectivity index (χ3n) is 8.75. The zero-order valence-electron chi connectivity index (χ0n) is 24.1. The van der Waals surface area contributed by atoms with Crippen molar-refractivity contribution in [2.24, 2.45) is 0 Å². The molecule has 0 saturated carbocycles. The van der Waals surface area contributed by atoms with Crippen LogP contribution >= 0.6 is 17.2 Å². The molecule has 36 heavy (non-hydrogen) atoms. The van der Waals surface area contributed by atoms with Crippen LogP contribution in [0.4, 0.5) is 0 Å². The Hall–Kier alpha value is -0.113. The molecule has 3 nitrogen and oxygen atoms in total. The first kappa shape index (κ1) is 28.9. The van der Waals surface area contributed by atoms with E-state index >= 15 is 0 Å². The lowest BCUT2D eigenvalue weighted by molar-refractivity contribution is -0.120. The summed E-state index contributed by atoms with van der Waals surface area (Å²) in [7, 11) is 1.68. The Kier molecular flexibility index (Phi) is 8.67. The number of nitrogens with one attached hydrogen (secondary N) is 2. The summed E-state index contributed by atoms with van der Waals surface area (Å²) in [6.45, 7) is 19.2. The van der Waals surface area contributed by atoms with Gasteiger partial charge >= 0.3 is 0 Å². The van der Waals surface area contributed by atoms with Crippen molar-refractivity contribution in [1.29, 1.82) is 0 Å². The normalized spacial score (nSPS) is 29.1. The SMILES string of the molecule is CC1(C)CC(=O)CC(C)(C)P1c1ccc(C[Si](C)(C)C)cc1C(P)(C1CCCCN1)C1CCCCN1. The maximum Gasteiger partial charge on any atom is 0.134 e. The van der Waals surface area contributed by atoms with Crippen LogP contribution in [0, 0.1) is 0 Å². The molecular formula is C30H52N2OP2Si. The first-order valence-electron chi connectivity index (χ1n) is 14.5. The smallest absolute Gasteiger partial charge is 0.134 e. The van der Waals surface area contributed by atoms with Gasteiger partial charge in [-0.2, -0.15) is 0 Å². The van der Waals surface area contributed by atoms with Gasteiger partial charge in [-0.15, -0.1) is 9.24 Å². The highest BCUT2D eigenvalue weighted by Gasteiger charge is 2.52. The van der Waals surface area contributed by atoms with Gasteiger partial charge in [0.1, 0.15) is 5.78 Å². The molecule has 6 heteroatoms. The van der Waals surface area contributed by atoms with Crippen molar-refractivity contribution in [3.05, 3.63) is 29.3 Å². The second-order valence-corrected chi connectivity index (χ2v) is 24.4. The van der Waals surface area contributed by atoms with Gasteiger partial charge in [-0.05, 0) is 66.0 Å². The molecule has 0 spiro atoms. The third-order valence-corrected chi connectivity index (χ3v) is 14.9. The fourth-order valence-electron chi connectivity index (χ4n) is 7.64. The van der Waals surface area contributed by atoms with Crippen molar-refractivity contribution in [3.8, 4) is 0 Å². The van der Waals surface area contributed by atoms with Gasteiger partial charge in [-0.3, -0.25) is 4.79 Å². The summed E-state index contributed by atoms with van der Waals surface area (Å²) >= 11 is 0. The first-order chi connectivity index (χ1) is 16.7. The Morgan fingerprint density at radius 3 is 1.92 bits per heavy atom. The Morgan fingerprint density at radius 2 is 1.47 bits per heavy atom. The van der Waals surface area contributed by atoms with E-state index < -0.39 is 16.0 Å². The quantitative estimate of drug-likeness (QED) is 0.317. The molecule has 0 aromatic heterocycles. The van der Waals surface area contributed by atoms with E-state index in [2.05, 4.69) is 85.4 Å². The van der Waals surface area contributed by atoms with Crippen LogP contribution in [0.15, 0.2) is 18.2 Å². The van der Waals surface area contributed by atoms with Gasteiger partial charge in [-0.1, -0.05) is 91.9 Å². The molecule has 3 atom stereocenters. The number of Topliss-reactive ketones (excluding diaryl/α,β-unsaturated/α-hetero) is 1. The average molecular weight is 547 g/mol. The van der Waals surface area contributed by atoms with Crippen molar-refractivity contribution in [2.75, 3.05) is 13.1 Å². The molecule has 0 radical (unpaired) electrons. The van der Waals surface area contributed by atoms with E-state index in [0.717, 1.165) is 13.1 Å². The molecule has 3 fully saturated rings. The lowest BCUT2D eigenvalue weighted by Gasteiger charge is -2.53. The predicted molar refractivity (Wildman–Crippen MR) is 165 cm³/mol. The van der Waals surface area contributed by atoms with Gasteiger partial charge < -0.3 is 10.6 Å². The molecular weight excluding hydrogens is 494 g/mol. The number of ketones is 1. The minimum atomic E-state index is -1.26. The lowest BCUT2D eigenvalue weighted by atomic mass is 9.77. The molecule has 3 aliphatic rings.